The van der Waals surface area contributed by atoms with Gasteiger partial charge in [0.1, 0.15) is 16.1 Å². The van der Waals surface area contributed by atoms with Crippen LogP contribution in [0.3, 0.4) is 0 Å². The number of fused-ring (bicyclic) bond motifs is 1. The molecule has 29 heavy (non-hydrogen) atoms. The lowest BCUT2D eigenvalue weighted by Crippen LogP contribution is -2.27. The molecule has 0 amide bonds. The van der Waals surface area contributed by atoms with Gasteiger partial charge in [-0.1, -0.05) is 4.40 Å². The summed E-state index contributed by atoms with van der Waals surface area (Å²) < 4.78 is 18.1. The predicted molar refractivity (Wildman–Crippen MR) is 122 cm³/mol. The van der Waals surface area contributed by atoms with E-state index in [9.17, 15) is 9.35 Å². The zero-order chi connectivity index (χ0) is 21.7. The van der Waals surface area contributed by atoms with Crippen molar-refractivity contribution < 1.29 is 4.55 Å². The van der Waals surface area contributed by atoms with E-state index in [2.05, 4.69) is 9.38 Å². The van der Waals surface area contributed by atoms with Crippen molar-refractivity contribution in [1.82, 2.24) is 14.5 Å². The van der Waals surface area contributed by atoms with Gasteiger partial charge in [-0.25, -0.2) is 9.97 Å². The quantitative estimate of drug-likeness (QED) is 0.459. The maximum atomic E-state index is 13.2. The normalized spacial score (nSPS) is 13.9. The van der Waals surface area contributed by atoms with Crippen LogP contribution in [-0.4, -0.2) is 29.5 Å². The Labute approximate surface area is 178 Å². The first-order valence-corrected chi connectivity index (χ1v) is 11.3. The molecule has 0 unspecified atom stereocenters. The highest BCUT2D eigenvalue weighted by molar-refractivity contribution is 7.91. The second-order valence-electron chi connectivity index (χ2n) is 8.19. The third-order valence-electron chi connectivity index (χ3n) is 4.56. The van der Waals surface area contributed by atoms with Gasteiger partial charge in [0.2, 0.25) is 0 Å². The van der Waals surface area contributed by atoms with E-state index >= 15 is 0 Å². The summed E-state index contributed by atoms with van der Waals surface area (Å²) in [4.78, 5) is 23.4. The number of rotatable bonds is 3. The van der Waals surface area contributed by atoms with Gasteiger partial charge >= 0.3 is 0 Å². The van der Waals surface area contributed by atoms with Crippen LogP contribution in [0.4, 0.5) is 0 Å². The van der Waals surface area contributed by atoms with Crippen molar-refractivity contribution in [3.05, 3.63) is 44.3 Å². The highest BCUT2D eigenvalue weighted by Gasteiger charge is 2.27. The van der Waals surface area contributed by atoms with Crippen molar-refractivity contribution >= 4 is 39.3 Å². The summed E-state index contributed by atoms with van der Waals surface area (Å²) >= 11 is 0.118. The molecular weight excluding hydrogens is 404 g/mol. The van der Waals surface area contributed by atoms with E-state index < -0.39 is 16.1 Å². The van der Waals surface area contributed by atoms with Crippen molar-refractivity contribution in [3.8, 4) is 10.7 Å². The van der Waals surface area contributed by atoms with E-state index in [1.165, 1.54) is 11.3 Å². The third-order valence-corrected chi connectivity index (χ3v) is 7.12. The maximum Gasteiger partial charge on any atom is 0.261 e. The number of hydrogen-bond acceptors (Lipinski definition) is 6. The first-order chi connectivity index (χ1) is 13.4. The van der Waals surface area contributed by atoms with Crippen LogP contribution in [0.15, 0.2) is 21.3 Å². The van der Waals surface area contributed by atoms with Gasteiger partial charge in [-0.2, -0.15) is 0 Å². The minimum atomic E-state index is -1.40. The molecule has 2 heterocycles. The minimum absolute atomic E-state index is 0.120. The number of benzene rings is 1. The van der Waals surface area contributed by atoms with Gasteiger partial charge in [0, 0.05) is 12.6 Å². The molecule has 0 saturated heterocycles. The molecule has 8 heteroatoms. The van der Waals surface area contributed by atoms with E-state index in [4.69, 9.17) is 4.98 Å². The zero-order valence-corrected chi connectivity index (χ0v) is 19.7. The molecule has 1 atom stereocenters. The molecule has 0 bridgehead atoms. The van der Waals surface area contributed by atoms with Crippen molar-refractivity contribution in [1.29, 1.82) is 0 Å². The van der Waals surface area contributed by atoms with Gasteiger partial charge in [0.25, 0.3) is 5.56 Å². The van der Waals surface area contributed by atoms with Crippen molar-refractivity contribution in [2.45, 2.75) is 53.2 Å². The molecule has 3 rings (SSSR count). The lowest BCUT2D eigenvalue weighted by Gasteiger charge is -2.19. The fourth-order valence-corrected chi connectivity index (χ4v) is 4.61. The lowest BCUT2D eigenvalue weighted by atomic mass is 10.0. The summed E-state index contributed by atoms with van der Waals surface area (Å²) in [6, 6.07) is 3.79. The van der Waals surface area contributed by atoms with Gasteiger partial charge in [0.05, 0.1) is 32.2 Å². The Kier molecular flexibility index (Phi) is 5.73. The molecule has 2 aromatic heterocycles. The molecule has 0 aliphatic carbocycles. The van der Waals surface area contributed by atoms with E-state index in [0.717, 1.165) is 26.7 Å². The third kappa shape index (κ3) is 4.15. The number of nitrogens with zero attached hydrogens (tertiary/aromatic N) is 4. The second kappa shape index (κ2) is 7.66. The summed E-state index contributed by atoms with van der Waals surface area (Å²) in [7, 11) is 1.73. The van der Waals surface area contributed by atoms with Gasteiger partial charge < -0.3 is 4.55 Å². The minimum Gasteiger partial charge on any atom is -0.591 e. The van der Waals surface area contributed by atoms with Crippen LogP contribution in [0.25, 0.3) is 21.6 Å². The van der Waals surface area contributed by atoms with Gasteiger partial charge in [-0.3, -0.25) is 9.36 Å². The van der Waals surface area contributed by atoms with Crippen LogP contribution in [0.1, 0.15) is 49.5 Å². The molecule has 0 aliphatic rings. The van der Waals surface area contributed by atoms with E-state index in [1.54, 1.807) is 11.6 Å². The highest BCUT2D eigenvalue weighted by atomic mass is 32.2. The average Bonchev–Trinajstić information content (AvgIpc) is 2.95. The molecule has 154 valence electrons. The Balaban J connectivity index is 2.34. The number of hydrogen-bond donors (Lipinski definition) is 0. The van der Waals surface area contributed by atoms with E-state index in [0.29, 0.717) is 22.4 Å². The smallest absolute Gasteiger partial charge is 0.261 e. The van der Waals surface area contributed by atoms with Crippen LogP contribution in [0, 0.1) is 20.8 Å². The van der Waals surface area contributed by atoms with Crippen LogP contribution in [0.2, 0.25) is 0 Å². The summed E-state index contributed by atoms with van der Waals surface area (Å²) in [5.41, 5.74) is 3.57. The van der Waals surface area contributed by atoms with E-state index in [1.807, 2.05) is 60.6 Å². The second-order valence-corrected chi connectivity index (χ2v) is 11.3. The number of aryl methyl sites for hydroxylation is 3. The van der Waals surface area contributed by atoms with Crippen LogP contribution in [0.5, 0.6) is 0 Å². The SMILES string of the molecule is C/C(=N/[S@+]([O-])C(C)(C)C)c1cc(C)cc2c(=O)n(C)c(-c3sc(C)nc3C)nc12. The van der Waals surface area contributed by atoms with Gasteiger partial charge in [-0.05, 0) is 66.2 Å². The van der Waals surface area contributed by atoms with Crippen LogP contribution >= 0.6 is 11.3 Å². The molecule has 3 aromatic rings. The number of aromatic nitrogens is 3. The first-order valence-electron chi connectivity index (χ1n) is 9.33. The lowest BCUT2D eigenvalue weighted by molar-refractivity contribution is 0.561. The molecule has 0 aliphatic heterocycles. The Bertz CT molecular complexity index is 1190. The Morgan fingerprint density at radius 1 is 1.21 bits per heavy atom. The molecule has 0 fully saturated rings. The summed E-state index contributed by atoms with van der Waals surface area (Å²) in [5.74, 6) is 0.584. The van der Waals surface area contributed by atoms with Crippen LogP contribution in [-0.2, 0) is 18.4 Å². The Morgan fingerprint density at radius 2 is 1.86 bits per heavy atom. The molecule has 0 saturated carbocycles. The molecule has 0 radical (unpaired) electrons. The molecular formula is C21H26N4O2S2. The van der Waals surface area contributed by atoms with Gasteiger partial charge in [-0.15, -0.1) is 11.3 Å². The molecule has 0 spiro atoms. The molecule has 1 aromatic carbocycles. The Hall–Kier alpha value is -2.03. The Morgan fingerprint density at radius 3 is 2.41 bits per heavy atom. The fraction of sp³-hybridized carbons (Fsp3) is 0.429. The fourth-order valence-electron chi connectivity index (χ4n) is 3.05. The molecule has 6 nitrogen and oxygen atoms in total. The summed E-state index contributed by atoms with van der Waals surface area (Å²) in [6.45, 7) is 13.3. The van der Waals surface area contributed by atoms with E-state index in [-0.39, 0.29) is 5.56 Å². The average molecular weight is 431 g/mol. The summed E-state index contributed by atoms with van der Waals surface area (Å²) in [6.07, 6.45) is 0. The predicted octanol–water partition coefficient (Wildman–Crippen LogP) is 4.25. The van der Waals surface area contributed by atoms with Gasteiger partial charge in [0.15, 0.2) is 5.82 Å². The monoisotopic (exact) mass is 430 g/mol. The number of thiazole rings is 1. The highest BCUT2D eigenvalue weighted by Crippen LogP contribution is 2.29. The zero-order valence-electron chi connectivity index (χ0n) is 18.1. The molecule has 0 N–H and O–H groups in total. The first kappa shape index (κ1) is 21.7. The van der Waals surface area contributed by atoms with Crippen LogP contribution < -0.4 is 5.56 Å². The van der Waals surface area contributed by atoms with Crippen molar-refractivity contribution in [2.75, 3.05) is 0 Å². The maximum absolute atomic E-state index is 13.2. The topological polar surface area (TPSA) is 83.2 Å². The van der Waals surface area contributed by atoms with Crippen molar-refractivity contribution in [3.63, 3.8) is 0 Å². The summed E-state index contributed by atoms with van der Waals surface area (Å²) in [5, 5.41) is 1.45. The standard InChI is InChI=1S/C21H26N4O2S2/c1-11-9-15(12(2)24-29(27)21(5,6)7)17-16(10-11)20(26)25(8)19(23-17)18-13(3)22-14(4)28-18/h9-10H,1-8H3/b24-12-/t29-/m1/s1. The largest absolute Gasteiger partial charge is 0.591 e. The van der Waals surface area contributed by atoms with Crippen molar-refractivity contribution in [2.24, 2.45) is 11.4 Å².